The van der Waals surface area contributed by atoms with E-state index >= 15 is 0 Å². The SMILES string of the molecule is CC1(C)C2=C(c3cccc(-c4cccc(N(c5ccc(-c6ccccc6)cc5)c5cccc6ccccc56)c4)c31)C1CCC1c1ccccc12. The Labute approximate surface area is 295 Å². The molecule has 0 bridgehead atoms. The van der Waals surface area contributed by atoms with E-state index in [1.807, 2.05) is 0 Å². The minimum absolute atomic E-state index is 0.101. The molecule has 0 heterocycles. The molecule has 2 atom stereocenters. The highest BCUT2D eigenvalue weighted by Crippen LogP contribution is 2.65. The van der Waals surface area contributed by atoms with Gasteiger partial charge in [0.1, 0.15) is 0 Å². The summed E-state index contributed by atoms with van der Waals surface area (Å²) in [5.41, 5.74) is 17.6. The van der Waals surface area contributed by atoms with Crippen molar-refractivity contribution >= 4 is 39.0 Å². The maximum Gasteiger partial charge on any atom is 0.0540 e. The zero-order valence-electron chi connectivity index (χ0n) is 28.6. The molecule has 0 saturated heterocycles. The highest BCUT2D eigenvalue weighted by Gasteiger charge is 2.50. The van der Waals surface area contributed by atoms with Gasteiger partial charge >= 0.3 is 0 Å². The van der Waals surface area contributed by atoms with Gasteiger partial charge in [0.25, 0.3) is 0 Å². The van der Waals surface area contributed by atoms with Gasteiger partial charge in [-0.15, -0.1) is 0 Å². The van der Waals surface area contributed by atoms with Gasteiger partial charge in [-0.05, 0) is 116 Å². The normalized spacial score (nSPS) is 18.1. The third kappa shape index (κ3) is 4.33. The quantitative estimate of drug-likeness (QED) is 0.181. The van der Waals surface area contributed by atoms with E-state index in [0.717, 1.165) is 11.4 Å². The molecule has 0 N–H and O–H groups in total. The number of anilines is 3. The van der Waals surface area contributed by atoms with E-state index in [-0.39, 0.29) is 5.41 Å². The van der Waals surface area contributed by atoms with E-state index in [1.165, 1.54) is 68.2 Å². The van der Waals surface area contributed by atoms with Crippen LogP contribution in [0.2, 0.25) is 0 Å². The number of hydrogen-bond donors (Lipinski definition) is 0. The summed E-state index contributed by atoms with van der Waals surface area (Å²) >= 11 is 0. The smallest absolute Gasteiger partial charge is 0.0540 e. The Morgan fingerprint density at radius 2 is 1.14 bits per heavy atom. The van der Waals surface area contributed by atoms with Crippen LogP contribution < -0.4 is 4.90 Å². The number of nitrogens with zero attached hydrogens (tertiary/aromatic N) is 1. The highest BCUT2D eigenvalue weighted by molar-refractivity contribution is 6.07. The fourth-order valence-electron chi connectivity index (χ4n) is 9.50. The Bertz CT molecular complexity index is 2460. The Balaban J connectivity index is 1.13. The molecule has 1 nitrogen and oxygen atoms in total. The van der Waals surface area contributed by atoms with Crippen LogP contribution in [0, 0.1) is 5.92 Å². The molecule has 50 heavy (non-hydrogen) atoms. The molecule has 10 rings (SSSR count). The van der Waals surface area contributed by atoms with E-state index in [2.05, 4.69) is 183 Å². The predicted molar refractivity (Wildman–Crippen MR) is 211 cm³/mol. The van der Waals surface area contributed by atoms with E-state index < -0.39 is 0 Å². The lowest BCUT2D eigenvalue weighted by molar-refractivity contribution is 0.324. The van der Waals surface area contributed by atoms with Crippen LogP contribution in [0.3, 0.4) is 0 Å². The van der Waals surface area contributed by atoms with Crippen molar-refractivity contribution < 1.29 is 0 Å². The predicted octanol–water partition coefficient (Wildman–Crippen LogP) is 13.4. The molecular weight excluding hydrogens is 603 g/mol. The van der Waals surface area contributed by atoms with E-state index in [1.54, 1.807) is 16.7 Å². The molecule has 0 aliphatic heterocycles. The standard InChI is InChI=1S/C49H39N/c1-49(2)47-39(22-12-23-44(47)46-42-30-29-41(42)40-20-8-9-21-43(40)48(46)49)35-17-10-18-37(31-35)50(45-24-11-16-34-15-6-7-19-38(34)45)36-27-25-33(26-28-36)32-13-4-3-5-14-32/h3-28,31,41-42H,29-30H2,1-2H3. The first-order valence-corrected chi connectivity index (χ1v) is 18.1. The number of rotatable bonds is 5. The Morgan fingerprint density at radius 1 is 0.500 bits per heavy atom. The molecule has 3 aliphatic carbocycles. The van der Waals surface area contributed by atoms with Crippen molar-refractivity contribution in [1.29, 1.82) is 0 Å². The Hall–Kier alpha value is -5.66. The molecule has 1 heteroatoms. The fourth-order valence-corrected chi connectivity index (χ4v) is 9.50. The Kier molecular flexibility index (Phi) is 6.55. The van der Waals surface area contributed by atoms with E-state index in [0.29, 0.717) is 11.8 Å². The maximum atomic E-state index is 2.47. The van der Waals surface area contributed by atoms with Gasteiger partial charge in [0, 0.05) is 22.2 Å². The largest absolute Gasteiger partial charge is 0.310 e. The van der Waals surface area contributed by atoms with Crippen molar-refractivity contribution in [2.24, 2.45) is 5.92 Å². The molecular formula is C49H39N. The van der Waals surface area contributed by atoms with Crippen molar-refractivity contribution in [2.45, 2.75) is 38.0 Å². The molecule has 7 aromatic carbocycles. The van der Waals surface area contributed by atoms with Gasteiger partial charge in [-0.1, -0.05) is 147 Å². The van der Waals surface area contributed by atoms with Gasteiger partial charge in [0.2, 0.25) is 0 Å². The van der Waals surface area contributed by atoms with E-state index in [4.69, 9.17) is 0 Å². The van der Waals surface area contributed by atoms with Crippen LogP contribution in [0.15, 0.2) is 164 Å². The molecule has 2 unspecified atom stereocenters. The van der Waals surface area contributed by atoms with Gasteiger partial charge in [0.05, 0.1) is 5.69 Å². The summed E-state index contributed by atoms with van der Waals surface area (Å²) in [5, 5.41) is 2.47. The first kappa shape index (κ1) is 29.3. The van der Waals surface area contributed by atoms with E-state index in [9.17, 15) is 0 Å². The number of allylic oxidation sites excluding steroid dienone is 2. The third-order valence-corrected chi connectivity index (χ3v) is 11.8. The molecule has 1 fully saturated rings. The summed E-state index contributed by atoms with van der Waals surface area (Å²) in [7, 11) is 0. The molecule has 0 spiro atoms. The number of hydrogen-bond acceptors (Lipinski definition) is 1. The monoisotopic (exact) mass is 641 g/mol. The molecule has 240 valence electrons. The van der Waals surface area contributed by atoms with Crippen LogP contribution in [-0.2, 0) is 5.41 Å². The first-order valence-electron chi connectivity index (χ1n) is 18.1. The van der Waals surface area contributed by atoms with Gasteiger partial charge in [-0.3, -0.25) is 0 Å². The van der Waals surface area contributed by atoms with Crippen molar-refractivity contribution in [3.8, 4) is 22.3 Å². The average Bonchev–Trinajstić information content (AvgIpc) is 3.38. The summed E-state index contributed by atoms with van der Waals surface area (Å²) in [6, 6.07) is 60.6. The summed E-state index contributed by atoms with van der Waals surface area (Å²) < 4.78 is 0. The first-order chi connectivity index (χ1) is 24.6. The maximum absolute atomic E-state index is 2.47. The highest BCUT2D eigenvalue weighted by atomic mass is 15.1. The molecule has 1 saturated carbocycles. The summed E-state index contributed by atoms with van der Waals surface area (Å²) in [5.74, 6) is 1.28. The number of benzene rings is 7. The topological polar surface area (TPSA) is 3.24 Å². The van der Waals surface area contributed by atoms with Gasteiger partial charge in [-0.25, -0.2) is 0 Å². The van der Waals surface area contributed by atoms with Crippen LogP contribution in [0.5, 0.6) is 0 Å². The lowest BCUT2D eigenvalue weighted by Crippen LogP contribution is -2.30. The zero-order valence-corrected chi connectivity index (χ0v) is 28.6. The van der Waals surface area contributed by atoms with Crippen LogP contribution in [-0.4, -0.2) is 0 Å². The molecule has 0 radical (unpaired) electrons. The van der Waals surface area contributed by atoms with Crippen molar-refractivity contribution in [3.05, 3.63) is 186 Å². The minimum atomic E-state index is -0.101. The van der Waals surface area contributed by atoms with Crippen molar-refractivity contribution in [2.75, 3.05) is 4.90 Å². The molecule has 7 aromatic rings. The van der Waals surface area contributed by atoms with Crippen molar-refractivity contribution in [1.82, 2.24) is 0 Å². The van der Waals surface area contributed by atoms with Crippen LogP contribution >= 0.6 is 0 Å². The van der Waals surface area contributed by atoms with Crippen molar-refractivity contribution in [3.63, 3.8) is 0 Å². The molecule has 0 amide bonds. The average molecular weight is 642 g/mol. The molecule has 0 aromatic heterocycles. The lowest BCUT2D eigenvalue weighted by Gasteiger charge is -2.44. The summed E-state index contributed by atoms with van der Waals surface area (Å²) in [6.45, 7) is 4.93. The van der Waals surface area contributed by atoms with Gasteiger partial charge in [-0.2, -0.15) is 0 Å². The number of fused-ring (bicyclic) bond motifs is 8. The summed E-state index contributed by atoms with van der Waals surface area (Å²) in [4.78, 5) is 2.44. The van der Waals surface area contributed by atoms with Gasteiger partial charge in [0.15, 0.2) is 0 Å². The van der Waals surface area contributed by atoms with Crippen LogP contribution in [0.1, 0.15) is 54.9 Å². The van der Waals surface area contributed by atoms with Crippen LogP contribution in [0.4, 0.5) is 17.1 Å². The fraction of sp³-hybridized carbons (Fsp3) is 0.143. The lowest BCUT2D eigenvalue weighted by atomic mass is 9.59. The second-order valence-corrected chi connectivity index (χ2v) is 14.8. The molecule has 3 aliphatic rings. The summed E-state index contributed by atoms with van der Waals surface area (Å²) in [6.07, 6.45) is 2.59. The zero-order chi connectivity index (χ0) is 33.4. The van der Waals surface area contributed by atoms with Crippen LogP contribution in [0.25, 0.3) is 44.2 Å². The Morgan fingerprint density at radius 3 is 1.98 bits per heavy atom. The second-order valence-electron chi connectivity index (χ2n) is 14.8. The minimum Gasteiger partial charge on any atom is -0.310 e. The second kappa shape index (κ2) is 11.2. The third-order valence-electron chi connectivity index (χ3n) is 11.8. The van der Waals surface area contributed by atoms with Gasteiger partial charge < -0.3 is 4.90 Å².